The van der Waals surface area contributed by atoms with Gasteiger partial charge >= 0.3 is 0 Å². The van der Waals surface area contributed by atoms with Crippen molar-refractivity contribution in [3.05, 3.63) is 34.9 Å². The van der Waals surface area contributed by atoms with Gasteiger partial charge < -0.3 is 5.73 Å². The highest BCUT2D eigenvalue weighted by Crippen LogP contribution is 2.24. The summed E-state index contributed by atoms with van der Waals surface area (Å²) < 4.78 is 0. The van der Waals surface area contributed by atoms with E-state index in [9.17, 15) is 0 Å². The fourth-order valence-electron chi connectivity index (χ4n) is 3.46. The van der Waals surface area contributed by atoms with Crippen molar-refractivity contribution in [1.29, 1.82) is 0 Å². The summed E-state index contributed by atoms with van der Waals surface area (Å²) >= 11 is 0. The van der Waals surface area contributed by atoms with Crippen molar-refractivity contribution in [1.82, 2.24) is 0 Å². The van der Waals surface area contributed by atoms with Crippen LogP contribution in [-0.4, -0.2) is 0 Å². The van der Waals surface area contributed by atoms with E-state index in [0.29, 0.717) is 0 Å². The molecule has 0 fully saturated rings. The molecule has 0 atom stereocenters. The van der Waals surface area contributed by atoms with Crippen LogP contribution < -0.4 is 5.73 Å². The first kappa shape index (κ1) is 23.5. The third-order valence-corrected chi connectivity index (χ3v) is 4.94. The minimum Gasteiger partial charge on any atom is -0.322 e. The minimum absolute atomic E-state index is 0. The van der Waals surface area contributed by atoms with Crippen molar-refractivity contribution in [3.63, 3.8) is 0 Å². The van der Waals surface area contributed by atoms with Crippen molar-refractivity contribution in [3.8, 4) is 0 Å². The van der Waals surface area contributed by atoms with Crippen LogP contribution in [0.2, 0.25) is 0 Å². The standard InChI is InChI=1S/C22H39N.ClH/c1-5-6-7-8-9-10-11-12-13-14-16-20-17-15-18-21(19(20)2)22(3,4)23;/h15,17-18H,5-14,16,23H2,1-4H3;1H. The first-order valence-corrected chi connectivity index (χ1v) is 9.84. The Labute approximate surface area is 157 Å². The molecule has 0 heterocycles. The molecule has 0 aliphatic heterocycles. The van der Waals surface area contributed by atoms with Crippen molar-refractivity contribution < 1.29 is 0 Å². The van der Waals surface area contributed by atoms with Crippen LogP contribution in [0.15, 0.2) is 18.2 Å². The molecular weight excluding hydrogens is 314 g/mol. The zero-order valence-corrected chi connectivity index (χ0v) is 17.3. The molecule has 0 saturated heterocycles. The van der Waals surface area contributed by atoms with Crippen molar-refractivity contribution in [2.75, 3.05) is 0 Å². The molecule has 24 heavy (non-hydrogen) atoms. The van der Waals surface area contributed by atoms with Crippen LogP contribution in [0.5, 0.6) is 0 Å². The molecule has 0 unspecified atom stereocenters. The maximum absolute atomic E-state index is 6.28. The number of benzene rings is 1. The summed E-state index contributed by atoms with van der Waals surface area (Å²) in [6.45, 7) is 8.71. The van der Waals surface area contributed by atoms with Crippen LogP contribution >= 0.6 is 12.4 Å². The molecule has 140 valence electrons. The highest BCUT2D eigenvalue weighted by Gasteiger charge is 2.17. The molecule has 0 radical (unpaired) electrons. The fraction of sp³-hybridized carbons (Fsp3) is 0.727. The van der Waals surface area contributed by atoms with Gasteiger partial charge in [-0.05, 0) is 50.3 Å². The molecule has 0 aromatic heterocycles. The summed E-state index contributed by atoms with van der Waals surface area (Å²) in [5.74, 6) is 0. The smallest absolute Gasteiger partial charge is 0.0355 e. The summed E-state index contributed by atoms with van der Waals surface area (Å²) in [4.78, 5) is 0. The third kappa shape index (κ3) is 9.08. The van der Waals surface area contributed by atoms with Crippen LogP contribution in [0.1, 0.15) is 102 Å². The summed E-state index contributed by atoms with van der Waals surface area (Å²) in [7, 11) is 0. The van der Waals surface area contributed by atoms with E-state index in [0.717, 1.165) is 0 Å². The molecule has 1 aromatic carbocycles. The van der Waals surface area contributed by atoms with E-state index in [4.69, 9.17) is 5.73 Å². The van der Waals surface area contributed by atoms with E-state index >= 15 is 0 Å². The van der Waals surface area contributed by atoms with Crippen LogP contribution in [0.4, 0.5) is 0 Å². The topological polar surface area (TPSA) is 26.0 Å². The van der Waals surface area contributed by atoms with Gasteiger partial charge in [0.25, 0.3) is 0 Å². The molecule has 0 amide bonds. The van der Waals surface area contributed by atoms with Gasteiger partial charge in [-0.25, -0.2) is 0 Å². The maximum Gasteiger partial charge on any atom is 0.0355 e. The van der Waals surface area contributed by atoms with Crippen LogP contribution in [0.3, 0.4) is 0 Å². The molecule has 2 heteroatoms. The Bertz CT molecular complexity index is 434. The Morgan fingerprint density at radius 3 is 1.83 bits per heavy atom. The predicted molar refractivity (Wildman–Crippen MR) is 111 cm³/mol. The highest BCUT2D eigenvalue weighted by molar-refractivity contribution is 5.85. The normalized spacial score (nSPS) is 11.4. The number of hydrogen-bond acceptors (Lipinski definition) is 1. The van der Waals surface area contributed by atoms with E-state index in [1.54, 1.807) is 0 Å². The summed E-state index contributed by atoms with van der Waals surface area (Å²) in [6.07, 6.45) is 15.2. The molecule has 0 bridgehead atoms. The maximum atomic E-state index is 6.28. The zero-order chi connectivity index (χ0) is 17.1. The summed E-state index contributed by atoms with van der Waals surface area (Å²) in [5, 5.41) is 0. The van der Waals surface area contributed by atoms with Crippen molar-refractivity contribution in [2.45, 2.75) is 104 Å². The number of halogens is 1. The fourth-order valence-corrected chi connectivity index (χ4v) is 3.46. The summed E-state index contributed by atoms with van der Waals surface area (Å²) in [5.41, 5.74) is 10.2. The van der Waals surface area contributed by atoms with Gasteiger partial charge in [-0.1, -0.05) is 82.9 Å². The Morgan fingerprint density at radius 1 is 0.833 bits per heavy atom. The van der Waals surface area contributed by atoms with Gasteiger partial charge in [0.15, 0.2) is 0 Å². The van der Waals surface area contributed by atoms with E-state index < -0.39 is 0 Å². The van der Waals surface area contributed by atoms with Gasteiger partial charge in [0.1, 0.15) is 0 Å². The molecule has 1 nitrogen and oxygen atoms in total. The largest absolute Gasteiger partial charge is 0.322 e. The molecule has 0 aliphatic carbocycles. The number of hydrogen-bond donors (Lipinski definition) is 1. The summed E-state index contributed by atoms with van der Waals surface area (Å²) in [6, 6.07) is 6.62. The van der Waals surface area contributed by atoms with Crippen LogP contribution in [-0.2, 0) is 12.0 Å². The quantitative estimate of drug-likeness (QED) is 0.399. The monoisotopic (exact) mass is 353 g/mol. The average Bonchev–Trinajstić information content (AvgIpc) is 2.49. The lowest BCUT2D eigenvalue weighted by molar-refractivity contribution is 0.546. The van der Waals surface area contributed by atoms with E-state index in [2.05, 4.69) is 45.9 Å². The molecule has 0 saturated carbocycles. The molecule has 1 aromatic rings. The first-order chi connectivity index (χ1) is 11.0. The second-order valence-electron chi connectivity index (χ2n) is 7.74. The number of aryl methyl sites for hydroxylation is 1. The molecule has 1 rings (SSSR count). The molecule has 2 N–H and O–H groups in total. The van der Waals surface area contributed by atoms with E-state index in [-0.39, 0.29) is 17.9 Å². The highest BCUT2D eigenvalue weighted by atomic mass is 35.5. The van der Waals surface area contributed by atoms with Crippen LogP contribution in [0, 0.1) is 6.92 Å². The number of unbranched alkanes of at least 4 members (excludes halogenated alkanes) is 9. The Hall–Kier alpha value is -0.530. The minimum atomic E-state index is -0.238. The molecule has 0 spiro atoms. The zero-order valence-electron chi connectivity index (χ0n) is 16.5. The van der Waals surface area contributed by atoms with Gasteiger partial charge in [0.2, 0.25) is 0 Å². The second-order valence-corrected chi connectivity index (χ2v) is 7.74. The van der Waals surface area contributed by atoms with Gasteiger partial charge in [0.05, 0.1) is 0 Å². The third-order valence-electron chi connectivity index (χ3n) is 4.94. The molecular formula is C22H40ClN. The lowest BCUT2D eigenvalue weighted by atomic mass is 9.87. The van der Waals surface area contributed by atoms with Crippen molar-refractivity contribution in [2.24, 2.45) is 5.73 Å². The number of rotatable bonds is 12. The average molecular weight is 354 g/mol. The van der Waals surface area contributed by atoms with Gasteiger partial charge in [-0.2, -0.15) is 0 Å². The Kier molecular flexibility index (Phi) is 12.5. The Balaban J connectivity index is 0.00000529. The SMILES string of the molecule is CCCCCCCCCCCCc1cccc(C(C)(C)N)c1C.Cl. The van der Waals surface area contributed by atoms with Gasteiger partial charge in [0, 0.05) is 5.54 Å². The Morgan fingerprint density at radius 2 is 1.33 bits per heavy atom. The predicted octanol–water partition coefficient (Wildman–Crippen LogP) is 7.07. The van der Waals surface area contributed by atoms with Crippen molar-refractivity contribution >= 4 is 12.4 Å². The second kappa shape index (κ2) is 12.8. The lowest BCUT2D eigenvalue weighted by Gasteiger charge is -2.23. The molecule has 0 aliphatic rings. The van der Waals surface area contributed by atoms with Gasteiger partial charge in [-0.3, -0.25) is 0 Å². The van der Waals surface area contributed by atoms with Crippen LogP contribution in [0.25, 0.3) is 0 Å². The number of nitrogens with two attached hydrogens (primary N) is 1. The van der Waals surface area contributed by atoms with Gasteiger partial charge in [-0.15, -0.1) is 12.4 Å². The van der Waals surface area contributed by atoms with E-state index in [1.807, 2.05) is 0 Å². The lowest BCUT2D eigenvalue weighted by Crippen LogP contribution is -2.29. The first-order valence-electron chi connectivity index (χ1n) is 9.84. The van der Waals surface area contributed by atoms with E-state index in [1.165, 1.54) is 87.3 Å².